The van der Waals surface area contributed by atoms with Crippen LogP contribution in [-0.4, -0.2) is 73.8 Å². The number of ether oxygens (including phenoxy) is 2. The van der Waals surface area contributed by atoms with Crippen LogP contribution in [-0.2, 0) is 9.53 Å². The summed E-state index contributed by atoms with van der Waals surface area (Å²) in [5.74, 6) is 0.459. The zero-order valence-corrected chi connectivity index (χ0v) is 14.7. The van der Waals surface area contributed by atoms with Gasteiger partial charge in [-0.3, -0.25) is 4.79 Å². The van der Waals surface area contributed by atoms with Gasteiger partial charge in [0.15, 0.2) is 12.2 Å². The molecule has 0 aromatic heterocycles. The first-order valence-electron chi connectivity index (χ1n) is 8.40. The van der Waals surface area contributed by atoms with Crippen molar-refractivity contribution in [2.45, 2.75) is 12.0 Å². The minimum absolute atomic E-state index is 0.0121. The van der Waals surface area contributed by atoms with Gasteiger partial charge in [0, 0.05) is 32.7 Å². The molecule has 3 aliphatic rings. The van der Waals surface area contributed by atoms with Gasteiger partial charge < -0.3 is 29.5 Å². The highest BCUT2D eigenvalue weighted by atomic mass is 16.6. The lowest BCUT2D eigenvalue weighted by molar-refractivity contribution is -0.120. The number of nitrogens with zero attached hydrogens (tertiary/aromatic N) is 3. The van der Waals surface area contributed by atoms with Gasteiger partial charge in [-0.2, -0.15) is 0 Å². The van der Waals surface area contributed by atoms with Crippen LogP contribution in [0.1, 0.15) is 6.42 Å². The number of urea groups is 1. The summed E-state index contributed by atoms with van der Waals surface area (Å²) in [6.07, 6.45) is 0.265. The molecule has 1 spiro atoms. The van der Waals surface area contributed by atoms with Crippen molar-refractivity contribution in [2.24, 2.45) is 0 Å². The van der Waals surface area contributed by atoms with Crippen molar-refractivity contribution >= 4 is 29.4 Å². The third-order valence-electron chi connectivity index (χ3n) is 5.04. The normalized spacial score (nSPS) is 24.6. The first-order chi connectivity index (χ1) is 12.4. The third kappa shape index (κ3) is 2.69. The number of likely N-dealkylation sites (tertiary alicyclic amines) is 1. The number of carbonyl (C=O) groups is 3. The van der Waals surface area contributed by atoms with E-state index in [1.165, 1.54) is 9.80 Å². The number of benzene rings is 1. The van der Waals surface area contributed by atoms with Gasteiger partial charge in [0.05, 0.1) is 18.8 Å². The molecule has 138 valence electrons. The van der Waals surface area contributed by atoms with Crippen molar-refractivity contribution in [2.75, 3.05) is 50.6 Å². The molecule has 0 bridgehead atoms. The fourth-order valence-electron chi connectivity index (χ4n) is 3.58. The summed E-state index contributed by atoms with van der Waals surface area (Å²) < 4.78 is 10.8. The number of likely N-dealkylation sites (N-methyl/N-ethyl adjacent to an activating group) is 2. The summed E-state index contributed by atoms with van der Waals surface area (Å²) in [7, 11) is 3.36. The van der Waals surface area contributed by atoms with E-state index in [-0.39, 0.29) is 24.6 Å². The van der Waals surface area contributed by atoms with Crippen LogP contribution in [0.5, 0.6) is 5.75 Å². The van der Waals surface area contributed by atoms with Gasteiger partial charge in [0.2, 0.25) is 0 Å². The van der Waals surface area contributed by atoms with E-state index >= 15 is 0 Å². The van der Waals surface area contributed by atoms with Gasteiger partial charge in [0.25, 0.3) is 5.91 Å². The lowest BCUT2D eigenvalue weighted by Gasteiger charge is -2.26. The van der Waals surface area contributed by atoms with E-state index in [4.69, 9.17) is 9.47 Å². The number of hydrogen-bond donors (Lipinski definition) is 1. The van der Waals surface area contributed by atoms with Gasteiger partial charge >= 0.3 is 12.1 Å². The summed E-state index contributed by atoms with van der Waals surface area (Å²) in [5, 5.41) is 2.84. The molecule has 1 aromatic rings. The van der Waals surface area contributed by atoms with Crippen molar-refractivity contribution in [3.8, 4) is 5.75 Å². The summed E-state index contributed by atoms with van der Waals surface area (Å²) in [6.45, 7) is 1.37. The Morgan fingerprint density at radius 3 is 2.77 bits per heavy atom. The summed E-state index contributed by atoms with van der Waals surface area (Å²) >= 11 is 0. The Morgan fingerprint density at radius 1 is 1.23 bits per heavy atom. The predicted molar refractivity (Wildman–Crippen MR) is 92.4 cm³/mol. The van der Waals surface area contributed by atoms with Gasteiger partial charge in [0.1, 0.15) is 5.75 Å². The fraction of sp³-hybridized carbons (Fsp3) is 0.471. The smallest absolute Gasteiger partial charge is 0.410 e. The molecule has 0 unspecified atom stereocenters. The molecule has 1 N–H and O–H groups in total. The molecule has 0 saturated carbocycles. The second-order valence-electron chi connectivity index (χ2n) is 6.93. The largest absolute Gasteiger partial charge is 0.482 e. The molecule has 3 aliphatic heterocycles. The molecule has 2 fully saturated rings. The molecule has 1 atom stereocenters. The second-order valence-corrected chi connectivity index (χ2v) is 6.93. The summed E-state index contributed by atoms with van der Waals surface area (Å²) in [6, 6.07) is 4.90. The van der Waals surface area contributed by atoms with E-state index in [2.05, 4.69) is 5.32 Å². The van der Waals surface area contributed by atoms with E-state index < -0.39 is 5.60 Å². The highest BCUT2D eigenvalue weighted by molar-refractivity contribution is 5.99. The maximum atomic E-state index is 12.6. The first kappa shape index (κ1) is 16.5. The Labute approximate surface area is 150 Å². The zero-order valence-electron chi connectivity index (χ0n) is 14.7. The van der Waals surface area contributed by atoms with E-state index in [0.717, 1.165) is 0 Å². The molecule has 3 heterocycles. The van der Waals surface area contributed by atoms with Crippen LogP contribution in [0, 0.1) is 0 Å². The highest BCUT2D eigenvalue weighted by Crippen LogP contribution is 2.35. The highest BCUT2D eigenvalue weighted by Gasteiger charge is 2.49. The van der Waals surface area contributed by atoms with Gasteiger partial charge in [-0.25, -0.2) is 9.59 Å². The van der Waals surface area contributed by atoms with Gasteiger partial charge in [-0.05, 0) is 18.2 Å². The molecular weight excluding hydrogens is 340 g/mol. The minimum Gasteiger partial charge on any atom is -0.482 e. The quantitative estimate of drug-likeness (QED) is 0.810. The Kier molecular flexibility index (Phi) is 3.67. The van der Waals surface area contributed by atoms with Crippen LogP contribution in [0.3, 0.4) is 0 Å². The number of anilines is 2. The van der Waals surface area contributed by atoms with Gasteiger partial charge in [-0.15, -0.1) is 0 Å². The Morgan fingerprint density at radius 2 is 2.04 bits per heavy atom. The van der Waals surface area contributed by atoms with Crippen molar-refractivity contribution in [3.63, 3.8) is 0 Å². The van der Waals surface area contributed by atoms with Crippen LogP contribution < -0.4 is 15.0 Å². The molecule has 4 amide bonds. The SMILES string of the molecule is CN1C[C@@]2(CCN(C(=O)Nc3ccc4c(c3)N(C)C(=O)CO4)C2)OC1=O. The van der Waals surface area contributed by atoms with Crippen molar-refractivity contribution in [3.05, 3.63) is 18.2 Å². The Balaban J connectivity index is 1.45. The minimum atomic E-state index is -0.612. The molecule has 2 saturated heterocycles. The van der Waals surface area contributed by atoms with E-state index in [1.54, 1.807) is 37.2 Å². The maximum absolute atomic E-state index is 12.6. The molecule has 9 heteroatoms. The van der Waals surface area contributed by atoms with Crippen LogP contribution in [0.2, 0.25) is 0 Å². The standard InChI is InChI=1S/C17H20N4O5/c1-19-9-17(26-16(19)24)5-6-21(10-17)15(23)18-11-3-4-13-12(7-11)20(2)14(22)8-25-13/h3-4,7H,5-6,8-10H2,1-2H3,(H,18,23)/t17-/m1/s1. The van der Waals surface area contributed by atoms with Crippen molar-refractivity contribution in [1.82, 2.24) is 9.80 Å². The first-order valence-corrected chi connectivity index (χ1v) is 8.40. The van der Waals surface area contributed by atoms with E-state index in [0.29, 0.717) is 43.2 Å². The van der Waals surface area contributed by atoms with Gasteiger partial charge in [-0.1, -0.05) is 0 Å². The number of fused-ring (bicyclic) bond motifs is 1. The molecule has 0 aliphatic carbocycles. The predicted octanol–water partition coefficient (Wildman–Crippen LogP) is 1.10. The third-order valence-corrected chi connectivity index (χ3v) is 5.04. The molecule has 26 heavy (non-hydrogen) atoms. The molecule has 4 rings (SSSR count). The fourth-order valence-corrected chi connectivity index (χ4v) is 3.58. The van der Waals surface area contributed by atoms with Crippen molar-refractivity contribution < 1.29 is 23.9 Å². The summed E-state index contributed by atoms with van der Waals surface area (Å²) in [4.78, 5) is 40.6. The number of nitrogens with one attached hydrogen (secondary N) is 1. The zero-order chi connectivity index (χ0) is 18.5. The second kappa shape index (κ2) is 5.79. The lowest BCUT2D eigenvalue weighted by Crippen LogP contribution is -2.40. The van der Waals surface area contributed by atoms with E-state index in [9.17, 15) is 14.4 Å². The topological polar surface area (TPSA) is 91.4 Å². The number of hydrogen-bond acceptors (Lipinski definition) is 5. The molecule has 0 radical (unpaired) electrons. The number of carbonyl (C=O) groups excluding carboxylic acids is 3. The average molecular weight is 360 g/mol. The lowest BCUT2D eigenvalue weighted by atomic mass is 10.0. The number of rotatable bonds is 1. The Hall–Kier alpha value is -2.97. The Bertz CT molecular complexity index is 797. The molecular formula is C17H20N4O5. The molecule has 1 aromatic carbocycles. The van der Waals surface area contributed by atoms with Crippen molar-refractivity contribution in [1.29, 1.82) is 0 Å². The van der Waals surface area contributed by atoms with Crippen LogP contribution in [0.15, 0.2) is 18.2 Å². The van der Waals surface area contributed by atoms with Crippen LogP contribution in [0.4, 0.5) is 21.0 Å². The maximum Gasteiger partial charge on any atom is 0.410 e. The van der Waals surface area contributed by atoms with Crippen LogP contribution >= 0.6 is 0 Å². The summed E-state index contributed by atoms with van der Waals surface area (Å²) in [5.41, 5.74) is 0.572. The number of amides is 4. The average Bonchev–Trinajstić information content (AvgIpc) is 3.14. The van der Waals surface area contributed by atoms with E-state index in [1.807, 2.05) is 0 Å². The monoisotopic (exact) mass is 360 g/mol. The van der Waals surface area contributed by atoms with Crippen LogP contribution in [0.25, 0.3) is 0 Å². The molecule has 9 nitrogen and oxygen atoms in total.